The Morgan fingerprint density at radius 2 is 1.79 bits per heavy atom. The SMILES string of the molecule is O=C(NC1CCCCCCC1)c1ccnc(F)c1F. The van der Waals surface area contributed by atoms with Crippen molar-refractivity contribution >= 4 is 5.91 Å². The molecule has 3 nitrogen and oxygen atoms in total. The number of amides is 1. The van der Waals surface area contributed by atoms with Gasteiger partial charge in [-0.2, -0.15) is 4.39 Å². The first-order valence-electron chi connectivity index (χ1n) is 6.79. The van der Waals surface area contributed by atoms with Gasteiger partial charge in [0, 0.05) is 12.2 Å². The predicted molar refractivity (Wildman–Crippen MR) is 67.7 cm³/mol. The van der Waals surface area contributed by atoms with E-state index in [0.717, 1.165) is 31.9 Å². The predicted octanol–water partition coefficient (Wildman–Crippen LogP) is 3.20. The van der Waals surface area contributed by atoms with Crippen molar-refractivity contribution in [1.29, 1.82) is 0 Å². The van der Waals surface area contributed by atoms with E-state index in [-0.39, 0.29) is 11.6 Å². The fourth-order valence-electron chi connectivity index (χ4n) is 2.46. The van der Waals surface area contributed by atoms with Crippen molar-refractivity contribution < 1.29 is 13.6 Å². The molecule has 1 aliphatic rings. The zero-order chi connectivity index (χ0) is 13.7. The first-order chi connectivity index (χ1) is 9.18. The summed E-state index contributed by atoms with van der Waals surface area (Å²) in [6, 6.07) is 1.26. The number of hydrogen-bond acceptors (Lipinski definition) is 2. The van der Waals surface area contributed by atoms with E-state index < -0.39 is 17.7 Å². The highest BCUT2D eigenvalue weighted by Crippen LogP contribution is 2.18. The Hall–Kier alpha value is -1.52. The molecule has 0 bridgehead atoms. The summed E-state index contributed by atoms with van der Waals surface area (Å²) in [5.41, 5.74) is -0.269. The number of halogens is 2. The number of hydrogen-bond donors (Lipinski definition) is 1. The Morgan fingerprint density at radius 3 is 2.47 bits per heavy atom. The van der Waals surface area contributed by atoms with Crippen LogP contribution in [0.4, 0.5) is 8.78 Å². The Morgan fingerprint density at radius 1 is 1.16 bits per heavy atom. The lowest BCUT2D eigenvalue weighted by atomic mass is 9.96. The molecule has 0 unspecified atom stereocenters. The number of nitrogens with one attached hydrogen (secondary N) is 1. The third-order valence-corrected chi connectivity index (χ3v) is 3.53. The van der Waals surface area contributed by atoms with Gasteiger partial charge in [0.15, 0.2) is 5.82 Å². The molecule has 1 aromatic rings. The molecule has 0 spiro atoms. The highest BCUT2D eigenvalue weighted by atomic mass is 19.2. The summed E-state index contributed by atoms with van der Waals surface area (Å²) in [5.74, 6) is -2.96. The lowest BCUT2D eigenvalue weighted by Gasteiger charge is -2.21. The molecule has 0 aromatic carbocycles. The molecular formula is C14H18F2N2O. The molecule has 1 aromatic heterocycles. The molecule has 1 heterocycles. The van der Waals surface area contributed by atoms with Gasteiger partial charge in [-0.15, -0.1) is 0 Å². The van der Waals surface area contributed by atoms with Gasteiger partial charge in [-0.25, -0.2) is 9.37 Å². The Kier molecular flexibility index (Phi) is 4.82. The van der Waals surface area contributed by atoms with Crippen LogP contribution in [0.25, 0.3) is 0 Å². The highest BCUT2D eigenvalue weighted by Gasteiger charge is 2.19. The minimum Gasteiger partial charge on any atom is -0.349 e. The molecule has 0 aliphatic heterocycles. The lowest BCUT2D eigenvalue weighted by Crippen LogP contribution is -2.35. The number of carbonyl (C=O) groups is 1. The van der Waals surface area contributed by atoms with E-state index in [1.807, 2.05) is 0 Å². The van der Waals surface area contributed by atoms with E-state index in [9.17, 15) is 13.6 Å². The van der Waals surface area contributed by atoms with Crippen molar-refractivity contribution in [3.63, 3.8) is 0 Å². The monoisotopic (exact) mass is 268 g/mol. The van der Waals surface area contributed by atoms with E-state index >= 15 is 0 Å². The van der Waals surface area contributed by atoms with Crippen molar-refractivity contribution in [2.45, 2.75) is 51.0 Å². The van der Waals surface area contributed by atoms with Crippen LogP contribution in [0, 0.1) is 11.8 Å². The van der Waals surface area contributed by atoms with Gasteiger partial charge in [0.05, 0.1) is 5.56 Å². The van der Waals surface area contributed by atoms with Gasteiger partial charge in [0.25, 0.3) is 5.91 Å². The van der Waals surface area contributed by atoms with Crippen LogP contribution in [0.15, 0.2) is 12.3 Å². The number of aromatic nitrogens is 1. The van der Waals surface area contributed by atoms with Crippen molar-refractivity contribution in [2.75, 3.05) is 0 Å². The van der Waals surface area contributed by atoms with Crippen molar-refractivity contribution in [3.05, 3.63) is 29.6 Å². The van der Waals surface area contributed by atoms with E-state index in [1.54, 1.807) is 0 Å². The summed E-state index contributed by atoms with van der Waals surface area (Å²) in [7, 11) is 0. The van der Waals surface area contributed by atoms with Crippen LogP contribution >= 0.6 is 0 Å². The van der Waals surface area contributed by atoms with Gasteiger partial charge in [-0.1, -0.05) is 32.1 Å². The van der Waals surface area contributed by atoms with Crippen molar-refractivity contribution in [3.8, 4) is 0 Å². The molecule has 0 radical (unpaired) electrons. The van der Waals surface area contributed by atoms with Gasteiger partial charge >= 0.3 is 0 Å². The zero-order valence-electron chi connectivity index (χ0n) is 10.8. The lowest BCUT2D eigenvalue weighted by molar-refractivity contribution is 0.0925. The van der Waals surface area contributed by atoms with Crippen molar-refractivity contribution in [1.82, 2.24) is 10.3 Å². The fourth-order valence-corrected chi connectivity index (χ4v) is 2.46. The summed E-state index contributed by atoms with van der Waals surface area (Å²) in [6.07, 6.45) is 8.63. The summed E-state index contributed by atoms with van der Waals surface area (Å²) >= 11 is 0. The first-order valence-corrected chi connectivity index (χ1v) is 6.79. The van der Waals surface area contributed by atoms with E-state index in [0.29, 0.717) is 0 Å². The smallest absolute Gasteiger partial charge is 0.254 e. The van der Waals surface area contributed by atoms with Crippen LogP contribution in [0.5, 0.6) is 0 Å². The minimum atomic E-state index is -1.23. The third kappa shape index (κ3) is 3.72. The maximum Gasteiger partial charge on any atom is 0.254 e. The molecule has 1 aliphatic carbocycles. The minimum absolute atomic E-state index is 0.0587. The van der Waals surface area contributed by atoms with Gasteiger partial charge in [-0.05, 0) is 18.9 Å². The van der Waals surface area contributed by atoms with Crippen LogP contribution in [-0.4, -0.2) is 16.9 Å². The maximum absolute atomic E-state index is 13.5. The standard InChI is InChI=1S/C14H18F2N2O/c15-12-11(8-9-17-13(12)16)14(19)18-10-6-4-2-1-3-5-7-10/h8-10H,1-7H2,(H,18,19). The molecule has 0 saturated heterocycles. The maximum atomic E-state index is 13.5. The number of nitrogens with zero attached hydrogens (tertiary/aromatic N) is 1. The quantitative estimate of drug-likeness (QED) is 0.837. The number of pyridine rings is 1. The Labute approximate surface area is 111 Å². The average Bonchev–Trinajstić information content (AvgIpc) is 2.35. The normalized spacial score (nSPS) is 17.6. The molecule has 5 heteroatoms. The van der Waals surface area contributed by atoms with Crippen LogP contribution in [0.2, 0.25) is 0 Å². The van der Waals surface area contributed by atoms with Crippen LogP contribution in [0.1, 0.15) is 55.3 Å². The molecule has 2 rings (SSSR count). The molecule has 1 amide bonds. The van der Waals surface area contributed by atoms with Crippen molar-refractivity contribution in [2.24, 2.45) is 0 Å². The number of carbonyl (C=O) groups excluding carboxylic acids is 1. The molecule has 19 heavy (non-hydrogen) atoms. The largest absolute Gasteiger partial charge is 0.349 e. The van der Waals surface area contributed by atoms with Gasteiger partial charge in [0.1, 0.15) is 0 Å². The van der Waals surface area contributed by atoms with Crippen LogP contribution in [-0.2, 0) is 0 Å². The van der Waals surface area contributed by atoms with Gasteiger partial charge in [-0.3, -0.25) is 4.79 Å². The molecule has 1 N–H and O–H groups in total. The average molecular weight is 268 g/mol. The Balaban J connectivity index is 2.01. The Bertz CT molecular complexity index is 443. The van der Waals surface area contributed by atoms with E-state index in [1.165, 1.54) is 25.3 Å². The van der Waals surface area contributed by atoms with E-state index in [2.05, 4.69) is 10.3 Å². The summed E-state index contributed by atoms with van der Waals surface area (Å²) < 4.78 is 26.4. The van der Waals surface area contributed by atoms with E-state index in [4.69, 9.17) is 0 Å². The second-order valence-electron chi connectivity index (χ2n) is 4.98. The molecule has 104 valence electrons. The highest BCUT2D eigenvalue weighted by molar-refractivity contribution is 5.94. The molecule has 1 fully saturated rings. The fraction of sp³-hybridized carbons (Fsp3) is 0.571. The molecule has 0 atom stereocenters. The second-order valence-corrected chi connectivity index (χ2v) is 4.98. The first kappa shape index (κ1) is 13.9. The van der Waals surface area contributed by atoms with Gasteiger partial charge in [0.2, 0.25) is 5.95 Å². The van der Waals surface area contributed by atoms with Crippen LogP contribution in [0.3, 0.4) is 0 Å². The molecule has 1 saturated carbocycles. The summed E-state index contributed by atoms with van der Waals surface area (Å²) in [4.78, 5) is 15.1. The second kappa shape index (κ2) is 6.59. The number of rotatable bonds is 2. The van der Waals surface area contributed by atoms with Crippen LogP contribution < -0.4 is 5.32 Å². The summed E-state index contributed by atoms with van der Waals surface area (Å²) in [6.45, 7) is 0. The van der Waals surface area contributed by atoms with Gasteiger partial charge < -0.3 is 5.32 Å². The summed E-state index contributed by atoms with van der Waals surface area (Å²) in [5, 5.41) is 2.80. The third-order valence-electron chi connectivity index (χ3n) is 3.53. The molecular weight excluding hydrogens is 250 g/mol. The topological polar surface area (TPSA) is 42.0 Å². The zero-order valence-corrected chi connectivity index (χ0v) is 10.8.